The van der Waals surface area contributed by atoms with E-state index in [-0.39, 0.29) is 17.7 Å². The van der Waals surface area contributed by atoms with Gasteiger partial charge in [-0.1, -0.05) is 37.6 Å². The van der Waals surface area contributed by atoms with E-state index in [0.717, 1.165) is 29.8 Å². The molecule has 28 heavy (non-hydrogen) atoms. The van der Waals surface area contributed by atoms with E-state index in [4.69, 9.17) is 4.99 Å². The van der Waals surface area contributed by atoms with Crippen molar-refractivity contribution in [3.8, 4) is 0 Å². The highest BCUT2D eigenvalue weighted by atomic mass is 16.2. The van der Waals surface area contributed by atoms with Crippen LogP contribution in [0.2, 0.25) is 0 Å². The number of benzene rings is 1. The zero-order chi connectivity index (χ0) is 20.1. The number of anilines is 1. The molecule has 1 aromatic rings. The van der Waals surface area contributed by atoms with Gasteiger partial charge in [-0.2, -0.15) is 0 Å². The van der Waals surface area contributed by atoms with Crippen molar-refractivity contribution in [3.05, 3.63) is 41.1 Å². The molecule has 148 valence electrons. The molecule has 1 aliphatic carbocycles. The molecule has 3 aliphatic rings. The van der Waals surface area contributed by atoms with Crippen molar-refractivity contribution >= 4 is 23.2 Å². The topological polar surface area (TPSA) is 53.0 Å². The summed E-state index contributed by atoms with van der Waals surface area (Å²) in [5.41, 5.74) is 4.96. The van der Waals surface area contributed by atoms with Crippen LogP contribution in [-0.4, -0.2) is 42.1 Å². The Balaban J connectivity index is 1.59. The zero-order valence-corrected chi connectivity index (χ0v) is 17.3. The Morgan fingerprint density at radius 1 is 1.21 bits per heavy atom. The summed E-state index contributed by atoms with van der Waals surface area (Å²) in [7, 11) is 0. The molecule has 5 nitrogen and oxygen atoms in total. The first kappa shape index (κ1) is 18.9. The monoisotopic (exact) mass is 379 g/mol. The van der Waals surface area contributed by atoms with Crippen molar-refractivity contribution in [1.82, 2.24) is 4.90 Å². The summed E-state index contributed by atoms with van der Waals surface area (Å²) >= 11 is 0. The minimum Gasteiger partial charge on any atom is -0.339 e. The highest BCUT2D eigenvalue weighted by Gasteiger charge is 2.59. The molecule has 1 aromatic carbocycles. The normalized spacial score (nSPS) is 21.0. The molecule has 2 heterocycles. The second-order valence-electron chi connectivity index (χ2n) is 8.77. The lowest BCUT2D eigenvalue weighted by atomic mass is 9.74. The van der Waals surface area contributed by atoms with Crippen LogP contribution in [0.5, 0.6) is 0 Å². The summed E-state index contributed by atoms with van der Waals surface area (Å²) in [5, 5.41) is 0. The van der Waals surface area contributed by atoms with E-state index >= 15 is 0 Å². The lowest BCUT2D eigenvalue weighted by molar-refractivity contribution is -0.146. The van der Waals surface area contributed by atoms with E-state index in [9.17, 15) is 9.59 Å². The van der Waals surface area contributed by atoms with Gasteiger partial charge in [0.15, 0.2) is 0 Å². The van der Waals surface area contributed by atoms with Crippen molar-refractivity contribution in [1.29, 1.82) is 0 Å². The maximum Gasteiger partial charge on any atom is 0.241 e. The summed E-state index contributed by atoms with van der Waals surface area (Å²) < 4.78 is 0. The van der Waals surface area contributed by atoms with Crippen LogP contribution in [0.3, 0.4) is 0 Å². The Hall–Kier alpha value is -2.43. The summed E-state index contributed by atoms with van der Waals surface area (Å²) in [6.07, 6.45) is 3.33. The number of aliphatic imine (C=N–C) groups is 1. The predicted octanol–water partition coefficient (Wildman–Crippen LogP) is 3.69. The molecule has 5 heteroatoms. The number of para-hydroxylation sites is 1. The van der Waals surface area contributed by atoms with E-state index in [2.05, 4.69) is 6.92 Å². The minimum atomic E-state index is -0.579. The Labute approximate surface area is 167 Å². The van der Waals surface area contributed by atoms with Gasteiger partial charge >= 0.3 is 0 Å². The van der Waals surface area contributed by atoms with Gasteiger partial charge in [0.1, 0.15) is 5.41 Å². The number of carbonyl (C=O) groups excluding carboxylic acids is 2. The molecular formula is C23H29N3O2. The molecule has 0 unspecified atom stereocenters. The summed E-state index contributed by atoms with van der Waals surface area (Å²) in [5.74, 6) is 0.182. The number of fused-ring (bicyclic) bond motifs is 2. The number of nitrogens with zero attached hydrogens (tertiary/aromatic N) is 3. The third-order valence-corrected chi connectivity index (χ3v) is 6.26. The van der Waals surface area contributed by atoms with Gasteiger partial charge in [0, 0.05) is 36.1 Å². The largest absolute Gasteiger partial charge is 0.339 e. The van der Waals surface area contributed by atoms with E-state index in [1.807, 2.05) is 54.8 Å². The maximum atomic E-state index is 13.5. The fourth-order valence-electron chi connectivity index (χ4n) is 4.71. The smallest absolute Gasteiger partial charge is 0.241 e. The fourth-order valence-corrected chi connectivity index (χ4v) is 4.71. The third kappa shape index (κ3) is 2.88. The SMILES string of the molecule is CC1=C(/N=C(\C)CN2C(=O)C3(CN(C(=O)C(C)C)C3)c3ccccc32)CCC1. The molecule has 2 aliphatic heterocycles. The van der Waals surface area contributed by atoms with E-state index < -0.39 is 5.41 Å². The molecule has 0 atom stereocenters. The van der Waals surface area contributed by atoms with Gasteiger partial charge in [-0.25, -0.2) is 0 Å². The molecule has 0 N–H and O–H groups in total. The number of carbonyl (C=O) groups is 2. The van der Waals surface area contributed by atoms with Crippen molar-refractivity contribution < 1.29 is 9.59 Å². The quantitative estimate of drug-likeness (QED) is 0.749. The average molecular weight is 380 g/mol. The van der Waals surface area contributed by atoms with Gasteiger partial charge in [-0.15, -0.1) is 0 Å². The highest BCUT2D eigenvalue weighted by molar-refractivity contribution is 6.12. The van der Waals surface area contributed by atoms with Crippen molar-refractivity contribution in [2.24, 2.45) is 10.9 Å². The summed E-state index contributed by atoms with van der Waals surface area (Å²) in [6, 6.07) is 8.02. The van der Waals surface area contributed by atoms with Gasteiger partial charge < -0.3 is 9.80 Å². The first-order chi connectivity index (χ1) is 13.3. The molecule has 1 fully saturated rings. The fraction of sp³-hybridized carbons (Fsp3) is 0.522. The lowest BCUT2D eigenvalue weighted by Crippen LogP contribution is -2.66. The third-order valence-electron chi connectivity index (χ3n) is 6.26. The molecule has 0 bridgehead atoms. The summed E-state index contributed by atoms with van der Waals surface area (Å²) in [4.78, 5) is 34.3. The van der Waals surface area contributed by atoms with E-state index in [1.165, 1.54) is 17.7 Å². The Morgan fingerprint density at radius 3 is 2.57 bits per heavy atom. The molecule has 1 spiro atoms. The van der Waals surface area contributed by atoms with E-state index in [0.29, 0.717) is 19.6 Å². The number of likely N-dealkylation sites (tertiary alicyclic amines) is 1. The molecule has 0 aromatic heterocycles. The molecule has 4 rings (SSSR count). The Morgan fingerprint density at radius 2 is 1.93 bits per heavy atom. The number of amides is 2. The number of rotatable bonds is 4. The Kier molecular flexibility index (Phi) is 4.64. The predicted molar refractivity (Wildman–Crippen MR) is 112 cm³/mol. The maximum absolute atomic E-state index is 13.5. The second-order valence-corrected chi connectivity index (χ2v) is 8.77. The van der Waals surface area contributed by atoms with Crippen LogP contribution in [-0.2, 0) is 15.0 Å². The zero-order valence-electron chi connectivity index (χ0n) is 17.3. The Bertz CT molecular complexity index is 891. The van der Waals surface area contributed by atoms with Crippen molar-refractivity contribution in [2.45, 2.75) is 52.4 Å². The standard InChI is InChI=1S/C23H29N3O2/c1-15(2)21(27)25-13-23(14-25)18-9-5-6-11-20(18)26(22(23)28)12-17(4)24-19-10-7-8-16(19)3/h5-6,9,11,15H,7-8,10,12-14H2,1-4H3/b24-17+. The molecule has 0 saturated carbocycles. The average Bonchev–Trinajstić information content (AvgIpc) is 3.13. The number of allylic oxidation sites excluding steroid dienone is 2. The second kappa shape index (κ2) is 6.87. The van der Waals surface area contributed by atoms with Gasteiger partial charge in [-0.05, 0) is 44.7 Å². The molecule has 2 amide bonds. The van der Waals surface area contributed by atoms with Crippen LogP contribution in [0.25, 0.3) is 0 Å². The first-order valence-electron chi connectivity index (χ1n) is 10.3. The molecular weight excluding hydrogens is 350 g/mol. The van der Waals surface area contributed by atoms with Crippen LogP contribution in [0, 0.1) is 5.92 Å². The first-order valence-corrected chi connectivity index (χ1v) is 10.3. The van der Waals surface area contributed by atoms with Gasteiger partial charge in [-0.3, -0.25) is 14.6 Å². The number of hydrogen-bond donors (Lipinski definition) is 0. The summed E-state index contributed by atoms with van der Waals surface area (Å²) in [6.45, 7) is 9.45. The van der Waals surface area contributed by atoms with Crippen molar-refractivity contribution in [3.63, 3.8) is 0 Å². The van der Waals surface area contributed by atoms with Crippen LogP contribution in [0.4, 0.5) is 5.69 Å². The van der Waals surface area contributed by atoms with Gasteiger partial charge in [0.25, 0.3) is 0 Å². The van der Waals surface area contributed by atoms with Crippen LogP contribution in [0.1, 0.15) is 52.5 Å². The number of hydrogen-bond acceptors (Lipinski definition) is 3. The van der Waals surface area contributed by atoms with Crippen LogP contribution < -0.4 is 4.90 Å². The molecule has 1 saturated heterocycles. The molecule has 0 radical (unpaired) electrons. The van der Waals surface area contributed by atoms with Crippen LogP contribution >= 0.6 is 0 Å². The van der Waals surface area contributed by atoms with Gasteiger partial charge in [0.2, 0.25) is 11.8 Å². The minimum absolute atomic E-state index is 0.0440. The van der Waals surface area contributed by atoms with Crippen molar-refractivity contribution in [2.75, 3.05) is 24.5 Å². The van der Waals surface area contributed by atoms with E-state index in [1.54, 1.807) is 0 Å². The highest BCUT2D eigenvalue weighted by Crippen LogP contribution is 2.47. The van der Waals surface area contributed by atoms with Gasteiger partial charge in [0.05, 0.1) is 6.54 Å². The van der Waals surface area contributed by atoms with Crippen LogP contribution in [0.15, 0.2) is 40.5 Å². The lowest BCUT2D eigenvalue weighted by Gasteiger charge is -2.47.